The van der Waals surface area contributed by atoms with E-state index in [0.717, 1.165) is 32.4 Å². The van der Waals surface area contributed by atoms with E-state index in [1.807, 2.05) is 0 Å². The summed E-state index contributed by atoms with van der Waals surface area (Å²) in [6.45, 7) is 4.06. The van der Waals surface area contributed by atoms with Crippen LogP contribution in [-0.2, 0) is 13.0 Å². The van der Waals surface area contributed by atoms with E-state index in [4.69, 9.17) is 10.8 Å². The molecule has 0 saturated carbocycles. The Morgan fingerprint density at radius 1 is 1.28 bits per heavy atom. The van der Waals surface area contributed by atoms with E-state index in [1.54, 1.807) is 0 Å². The number of rotatable bonds is 6. The molecule has 0 saturated heterocycles. The molecule has 2 aromatic rings. The molecular formula is C15H22N2O. The molecule has 1 heterocycles. The third-order valence-electron chi connectivity index (χ3n) is 3.33. The minimum absolute atomic E-state index is 0.251. The molecule has 0 bridgehead atoms. The van der Waals surface area contributed by atoms with Crippen LogP contribution in [-0.4, -0.2) is 22.8 Å². The molecule has 0 aliphatic rings. The van der Waals surface area contributed by atoms with Crippen molar-refractivity contribution in [1.82, 2.24) is 4.57 Å². The normalized spacial score (nSPS) is 11.3. The van der Waals surface area contributed by atoms with Gasteiger partial charge in [0.05, 0.1) is 0 Å². The Hall–Kier alpha value is -1.32. The number of aliphatic hydroxyl groups excluding tert-OH is 1. The van der Waals surface area contributed by atoms with Crippen LogP contribution < -0.4 is 5.73 Å². The summed E-state index contributed by atoms with van der Waals surface area (Å²) in [7, 11) is 0. The van der Waals surface area contributed by atoms with Crippen molar-refractivity contribution in [1.29, 1.82) is 0 Å². The fourth-order valence-corrected chi connectivity index (χ4v) is 2.39. The van der Waals surface area contributed by atoms with Crippen LogP contribution in [0.2, 0.25) is 0 Å². The standard InChI is InChI=1S/C15H22N2O/c1-12-5-6-14-13(4-2-9-18)11-17(8-3-7-16)15(14)10-12/h5-6,10-11,18H,2-4,7-9,16H2,1H3. The van der Waals surface area contributed by atoms with Crippen LogP contribution in [0.4, 0.5) is 0 Å². The van der Waals surface area contributed by atoms with Gasteiger partial charge in [0.15, 0.2) is 0 Å². The Bertz CT molecular complexity index is 516. The molecule has 0 aliphatic carbocycles. The average molecular weight is 246 g/mol. The SMILES string of the molecule is Cc1ccc2c(CCCO)cn(CCCN)c2c1. The third kappa shape index (κ3) is 2.74. The zero-order valence-electron chi connectivity index (χ0n) is 11.0. The highest BCUT2D eigenvalue weighted by molar-refractivity contribution is 5.84. The summed E-state index contributed by atoms with van der Waals surface area (Å²) in [5, 5.41) is 10.3. The monoisotopic (exact) mass is 246 g/mol. The van der Waals surface area contributed by atoms with E-state index in [1.165, 1.54) is 22.0 Å². The fraction of sp³-hybridized carbons (Fsp3) is 0.467. The van der Waals surface area contributed by atoms with Gasteiger partial charge in [-0.1, -0.05) is 12.1 Å². The van der Waals surface area contributed by atoms with Gasteiger partial charge < -0.3 is 15.4 Å². The number of aryl methyl sites for hydroxylation is 3. The first-order valence-corrected chi connectivity index (χ1v) is 6.65. The molecule has 0 unspecified atom stereocenters. The summed E-state index contributed by atoms with van der Waals surface area (Å²) in [4.78, 5) is 0. The zero-order valence-corrected chi connectivity index (χ0v) is 11.0. The van der Waals surface area contributed by atoms with Crippen molar-refractivity contribution in [2.75, 3.05) is 13.2 Å². The highest BCUT2D eigenvalue weighted by Gasteiger charge is 2.08. The van der Waals surface area contributed by atoms with Crippen LogP contribution in [0.5, 0.6) is 0 Å². The van der Waals surface area contributed by atoms with Gasteiger partial charge in [0, 0.05) is 30.3 Å². The van der Waals surface area contributed by atoms with Gasteiger partial charge in [0.2, 0.25) is 0 Å². The zero-order chi connectivity index (χ0) is 13.0. The summed E-state index contributed by atoms with van der Waals surface area (Å²) in [6.07, 6.45) is 4.97. The number of aromatic nitrogens is 1. The van der Waals surface area contributed by atoms with E-state index in [9.17, 15) is 0 Å². The predicted octanol–water partition coefficient (Wildman–Crippen LogP) is 2.22. The summed E-state index contributed by atoms with van der Waals surface area (Å²) in [5.74, 6) is 0. The van der Waals surface area contributed by atoms with Crippen molar-refractivity contribution in [3.63, 3.8) is 0 Å². The number of nitrogens with two attached hydrogens (primary N) is 1. The molecule has 0 spiro atoms. The van der Waals surface area contributed by atoms with Crippen LogP contribution in [0.25, 0.3) is 10.9 Å². The molecule has 2 rings (SSSR count). The quantitative estimate of drug-likeness (QED) is 0.821. The van der Waals surface area contributed by atoms with Crippen LogP contribution in [0.3, 0.4) is 0 Å². The van der Waals surface area contributed by atoms with Crippen molar-refractivity contribution < 1.29 is 5.11 Å². The maximum Gasteiger partial charge on any atom is 0.0485 e. The molecule has 0 aliphatic heterocycles. The second-order valence-corrected chi connectivity index (χ2v) is 4.84. The number of nitrogens with zero attached hydrogens (tertiary/aromatic N) is 1. The molecule has 3 N–H and O–H groups in total. The van der Waals surface area contributed by atoms with Crippen LogP contribution in [0.15, 0.2) is 24.4 Å². The van der Waals surface area contributed by atoms with Crippen molar-refractivity contribution >= 4 is 10.9 Å². The van der Waals surface area contributed by atoms with Gasteiger partial charge in [-0.05, 0) is 49.9 Å². The Kier molecular flexibility index (Phi) is 4.39. The summed E-state index contributed by atoms with van der Waals surface area (Å²) in [6, 6.07) is 6.57. The second kappa shape index (κ2) is 6.03. The topological polar surface area (TPSA) is 51.2 Å². The molecular weight excluding hydrogens is 224 g/mol. The van der Waals surface area contributed by atoms with Crippen LogP contribution >= 0.6 is 0 Å². The lowest BCUT2D eigenvalue weighted by atomic mass is 10.1. The first kappa shape index (κ1) is 13.1. The van der Waals surface area contributed by atoms with Gasteiger partial charge in [-0.2, -0.15) is 0 Å². The Labute approximate surface area is 108 Å². The van der Waals surface area contributed by atoms with E-state index in [0.29, 0.717) is 0 Å². The average Bonchev–Trinajstić information content (AvgIpc) is 2.71. The molecule has 98 valence electrons. The molecule has 0 amide bonds. The molecule has 18 heavy (non-hydrogen) atoms. The van der Waals surface area contributed by atoms with Crippen molar-refractivity contribution in [3.8, 4) is 0 Å². The molecule has 3 nitrogen and oxygen atoms in total. The largest absolute Gasteiger partial charge is 0.396 e. The minimum Gasteiger partial charge on any atom is -0.396 e. The molecule has 0 radical (unpaired) electrons. The lowest BCUT2D eigenvalue weighted by molar-refractivity contribution is 0.288. The van der Waals surface area contributed by atoms with Gasteiger partial charge in [-0.3, -0.25) is 0 Å². The second-order valence-electron chi connectivity index (χ2n) is 4.84. The number of hydrogen-bond donors (Lipinski definition) is 2. The summed E-state index contributed by atoms with van der Waals surface area (Å²) < 4.78 is 2.29. The van der Waals surface area contributed by atoms with Crippen molar-refractivity contribution in [2.45, 2.75) is 32.7 Å². The highest BCUT2D eigenvalue weighted by atomic mass is 16.2. The fourth-order valence-electron chi connectivity index (χ4n) is 2.39. The summed E-state index contributed by atoms with van der Waals surface area (Å²) >= 11 is 0. The van der Waals surface area contributed by atoms with E-state index in [2.05, 4.69) is 35.9 Å². The smallest absolute Gasteiger partial charge is 0.0485 e. The van der Waals surface area contributed by atoms with Gasteiger partial charge in [-0.15, -0.1) is 0 Å². The van der Waals surface area contributed by atoms with Crippen molar-refractivity contribution in [2.24, 2.45) is 5.73 Å². The molecule has 0 atom stereocenters. The molecule has 1 aromatic carbocycles. The Morgan fingerprint density at radius 2 is 2.11 bits per heavy atom. The first-order valence-electron chi connectivity index (χ1n) is 6.65. The molecule has 0 fully saturated rings. The summed E-state index contributed by atoms with van der Waals surface area (Å²) in [5.41, 5.74) is 9.49. The predicted molar refractivity (Wildman–Crippen MR) is 75.8 cm³/mol. The first-order chi connectivity index (χ1) is 8.76. The van der Waals surface area contributed by atoms with Gasteiger partial charge >= 0.3 is 0 Å². The van der Waals surface area contributed by atoms with E-state index < -0.39 is 0 Å². The number of benzene rings is 1. The molecule has 1 aromatic heterocycles. The van der Waals surface area contributed by atoms with E-state index >= 15 is 0 Å². The number of fused-ring (bicyclic) bond motifs is 1. The van der Waals surface area contributed by atoms with Crippen LogP contribution in [0.1, 0.15) is 24.0 Å². The maximum absolute atomic E-state index is 8.97. The lowest BCUT2D eigenvalue weighted by Crippen LogP contribution is -2.04. The van der Waals surface area contributed by atoms with Crippen molar-refractivity contribution in [3.05, 3.63) is 35.5 Å². The van der Waals surface area contributed by atoms with Gasteiger partial charge in [-0.25, -0.2) is 0 Å². The maximum atomic E-state index is 8.97. The van der Waals surface area contributed by atoms with Gasteiger partial charge in [0.25, 0.3) is 0 Å². The minimum atomic E-state index is 0.251. The third-order valence-corrected chi connectivity index (χ3v) is 3.33. The highest BCUT2D eigenvalue weighted by Crippen LogP contribution is 2.24. The van der Waals surface area contributed by atoms with Gasteiger partial charge in [0.1, 0.15) is 0 Å². The molecule has 3 heteroatoms. The number of hydrogen-bond acceptors (Lipinski definition) is 2. The lowest BCUT2D eigenvalue weighted by Gasteiger charge is -2.04. The Balaban J connectivity index is 2.39. The number of aliphatic hydroxyl groups is 1. The Morgan fingerprint density at radius 3 is 2.83 bits per heavy atom. The van der Waals surface area contributed by atoms with Crippen LogP contribution in [0, 0.1) is 6.92 Å². The van der Waals surface area contributed by atoms with E-state index in [-0.39, 0.29) is 6.61 Å².